The van der Waals surface area contributed by atoms with E-state index in [-0.39, 0.29) is 5.56 Å². The Morgan fingerprint density at radius 2 is 2.00 bits per heavy atom. The number of ether oxygens (including phenoxy) is 2. The Morgan fingerprint density at radius 1 is 1.21 bits per heavy atom. The first-order chi connectivity index (χ1) is 9.17. The van der Waals surface area contributed by atoms with Crippen molar-refractivity contribution < 1.29 is 19.4 Å². The van der Waals surface area contributed by atoms with Gasteiger partial charge >= 0.3 is 5.97 Å². The number of hydrogen-bond acceptors (Lipinski definition) is 4. The predicted octanol–water partition coefficient (Wildman–Crippen LogP) is 2.54. The lowest BCUT2D eigenvalue weighted by atomic mass is 10.1. The molecule has 0 fully saturated rings. The van der Waals surface area contributed by atoms with Crippen molar-refractivity contribution in [2.24, 2.45) is 0 Å². The fraction of sp³-hybridized carbons (Fsp3) is 0.571. The lowest BCUT2D eigenvalue weighted by Crippen LogP contribution is -2.09. The van der Waals surface area contributed by atoms with E-state index in [1.165, 1.54) is 6.07 Å². The molecule has 0 aliphatic carbocycles. The number of rotatable bonds is 9. The van der Waals surface area contributed by atoms with Crippen molar-refractivity contribution >= 4 is 5.97 Å². The number of carboxylic acid groups (broad SMARTS) is 1. The van der Waals surface area contributed by atoms with Crippen LogP contribution in [0, 0.1) is 0 Å². The zero-order valence-electron chi connectivity index (χ0n) is 11.5. The maximum absolute atomic E-state index is 11.0. The number of pyridine rings is 1. The third kappa shape index (κ3) is 5.70. The minimum atomic E-state index is -0.966. The molecular formula is C14H21NO4. The summed E-state index contributed by atoms with van der Waals surface area (Å²) >= 11 is 0. The molecule has 0 aromatic carbocycles. The van der Waals surface area contributed by atoms with Crippen LogP contribution in [0.25, 0.3) is 0 Å². The molecule has 5 heteroatoms. The summed E-state index contributed by atoms with van der Waals surface area (Å²) in [5.74, 6) is -0.615. The molecule has 0 spiro atoms. The molecule has 1 heterocycles. The van der Waals surface area contributed by atoms with E-state index in [0.717, 1.165) is 25.0 Å². The van der Waals surface area contributed by atoms with Gasteiger partial charge in [-0.05, 0) is 18.9 Å². The maximum atomic E-state index is 11.0. The number of carbonyl (C=O) groups is 1. The normalized spacial score (nSPS) is 10.4. The molecule has 1 aromatic heterocycles. The number of carboxylic acids is 1. The van der Waals surface area contributed by atoms with Crippen LogP contribution in [-0.2, 0) is 11.2 Å². The molecule has 19 heavy (non-hydrogen) atoms. The lowest BCUT2D eigenvalue weighted by Gasteiger charge is -2.08. The van der Waals surface area contributed by atoms with Gasteiger partial charge in [-0.25, -0.2) is 9.78 Å². The summed E-state index contributed by atoms with van der Waals surface area (Å²) in [4.78, 5) is 15.3. The summed E-state index contributed by atoms with van der Waals surface area (Å²) < 4.78 is 10.7. The van der Waals surface area contributed by atoms with Gasteiger partial charge in [0.2, 0.25) is 5.88 Å². The molecular weight excluding hydrogens is 246 g/mol. The van der Waals surface area contributed by atoms with Crippen LogP contribution < -0.4 is 4.74 Å². The van der Waals surface area contributed by atoms with E-state index in [9.17, 15) is 4.79 Å². The van der Waals surface area contributed by atoms with Crippen molar-refractivity contribution in [2.45, 2.75) is 33.1 Å². The number of hydrogen-bond donors (Lipinski definition) is 1. The van der Waals surface area contributed by atoms with Gasteiger partial charge in [0.15, 0.2) is 0 Å². The Hall–Kier alpha value is -1.62. The second-order valence-electron chi connectivity index (χ2n) is 4.20. The fourth-order valence-electron chi connectivity index (χ4n) is 1.59. The average Bonchev–Trinajstić information content (AvgIpc) is 2.38. The first-order valence-electron chi connectivity index (χ1n) is 6.62. The minimum absolute atomic E-state index is 0.211. The smallest absolute Gasteiger partial charge is 0.335 e. The van der Waals surface area contributed by atoms with Crippen LogP contribution in [0.1, 0.15) is 42.7 Å². The quantitative estimate of drug-likeness (QED) is 0.696. The highest BCUT2D eigenvalue weighted by atomic mass is 16.5. The Bertz CT molecular complexity index is 406. The van der Waals surface area contributed by atoms with Crippen molar-refractivity contribution in [1.29, 1.82) is 0 Å². The molecule has 0 atom stereocenters. The van der Waals surface area contributed by atoms with Crippen LogP contribution in [-0.4, -0.2) is 35.9 Å². The largest absolute Gasteiger partial charge is 0.478 e. The summed E-state index contributed by atoms with van der Waals surface area (Å²) in [5, 5.41) is 9.04. The van der Waals surface area contributed by atoms with Gasteiger partial charge in [-0.3, -0.25) is 0 Å². The summed E-state index contributed by atoms with van der Waals surface area (Å²) in [6.07, 6.45) is 2.62. The first kappa shape index (κ1) is 15.4. The Balaban J connectivity index is 2.62. The third-order valence-electron chi connectivity index (χ3n) is 2.43. The molecule has 1 N–H and O–H groups in total. The van der Waals surface area contributed by atoms with E-state index in [4.69, 9.17) is 14.6 Å². The number of aromatic nitrogens is 1. The summed E-state index contributed by atoms with van der Waals surface area (Å²) in [7, 11) is 0. The monoisotopic (exact) mass is 267 g/mol. The molecule has 0 bridgehead atoms. The van der Waals surface area contributed by atoms with Crippen LogP contribution in [0.3, 0.4) is 0 Å². The molecule has 0 saturated carbocycles. The van der Waals surface area contributed by atoms with Gasteiger partial charge in [0.05, 0.1) is 12.2 Å². The highest BCUT2D eigenvalue weighted by Crippen LogP contribution is 2.14. The van der Waals surface area contributed by atoms with Gasteiger partial charge in [0.1, 0.15) is 6.61 Å². The molecule has 1 rings (SSSR count). The summed E-state index contributed by atoms with van der Waals surface area (Å²) in [6, 6.07) is 3.04. The van der Waals surface area contributed by atoms with Crippen LogP contribution >= 0.6 is 0 Å². The highest BCUT2D eigenvalue weighted by Gasteiger charge is 2.09. The molecule has 0 unspecified atom stereocenters. The zero-order valence-corrected chi connectivity index (χ0v) is 11.5. The first-order valence-corrected chi connectivity index (χ1v) is 6.62. The van der Waals surface area contributed by atoms with Crippen molar-refractivity contribution in [3.8, 4) is 5.88 Å². The van der Waals surface area contributed by atoms with Crippen molar-refractivity contribution in [1.82, 2.24) is 4.98 Å². The topological polar surface area (TPSA) is 68.7 Å². The molecule has 106 valence electrons. The summed E-state index contributed by atoms with van der Waals surface area (Å²) in [5.41, 5.74) is 0.954. The molecule has 0 radical (unpaired) electrons. The third-order valence-corrected chi connectivity index (χ3v) is 2.43. The van der Waals surface area contributed by atoms with Crippen LogP contribution in [0.15, 0.2) is 12.1 Å². The number of aryl methyl sites for hydroxylation is 1. The molecule has 0 aliphatic rings. The second-order valence-corrected chi connectivity index (χ2v) is 4.20. The van der Waals surface area contributed by atoms with Crippen LogP contribution in [0.2, 0.25) is 0 Å². The van der Waals surface area contributed by atoms with Crippen molar-refractivity contribution in [3.63, 3.8) is 0 Å². The molecule has 0 saturated heterocycles. The van der Waals surface area contributed by atoms with Crippen LogP contribution in [0.4, 0.5) is 0 Å². The second kappa shape index (κ2) is 8.48. The predicted molar refractivity (Wildman–Crippen MR) is 71.8 cm³/mol. The van der Waals surface area contributed by atoms with E-state index in [1.807, 2.05) is 13.8 Å². The standard InChI is InChI=1S/C14H21NO4/c1-3-5-12-9-11(14(16)17)10-13(15-12)19-8-7-18-6-4-2/h9-10H,3-8H2,1-2H3,(H,16,17). The molecule has 0 aliphatic heterocycles. The van der Waals surface area contributed by atoms with Gasteiger partial charge in [-0.1, -0.05) is 20.3 Å². The van der Waals surface area contributed by atoms with Crippen LogP contribution in [0.5, 0.6) is 5.88 Å². The zero-order chi connectivity index (χ0) is 14.1. The fourth-order valence-corrected chi connectivity index (χ4v) is 1.59. The van der Waals surface area contributed by atoms with Gasteiger partial charge in [-0.2, -0.15) is 0 Å². The lowest BCUT2D eigenvalue weighted by molar-refractivity contribution is 0.0695. The minimum Gasteiger partial charge on any atom is -0.478 e. The van der Waals surface area contributed by atoms with E-state index < -0.39 is 5.97 Å². The van der Waals surface area contributed by atoms with Crippen molar-refractivity contribution in [3.05, 3.63) is 23.4 Å². The van der Waals surface area contributed by atoms with Crippen molar-refractivity contribution in [2.75, 3.05) is 19.8 Å². The molecule has 5 nitrogen and oxygen atoms in total. The highest BCUT2D eigenvalue weighted by molar-refractivity contribution is 5.88. The SMILES string of the molecule is CCCOCCOc1cc(C(=O)O)cc(CCC)n1. The maximum Gasteiger partial charge on any atom is 0.335 e. The average molecular weight is 267 g/mol. The Kier molecular flexibility index (Phi) is 6.89. The Labute approximate surface area is 113 Å². The Morgan fingerprint density at radius 3 is 2.63 bits per heavy atom. The van der Waals surface area contributed by atoms with E-state index in [1.54, 1.807) is 6.07 Å². The van der Waals surface area contributed by atoms with Gasteiger partial charge in [0.25, 0.3) is 0 Å². The number of nitrogens with zero attached hydrogens (tertiary/aromatic N) is 1. The van der Waals surface area contributed by atoms with Gasteiger partial charge in [0, 0.05) is 18.4 Å². The van der Waals surface area contributed by atoms with E-state index >= 15 is 0 Å². The number of aromatic carboxylic acids is 1. The van der Waals surface area contributed by atoms with Gasteiger partial charge in [-0.15, -0.1) is 0 Å². The molecule has 1 aromatic rings. The summed E-state index contributed by atoms with van der Waals surface area (Å²) in [6.45, 7) is 5.62. The van der Waals surface area contributed by atoms with E-state index in [2.05, 4.69) is 4.98 Å². The van der Waals surface area contributed by atoms with E-state index in [0.29, 0.717) is 25.7 Å². The molecule has 0 amide bonds. The van der Waals surface area contributed by atoms with Gasteiger partial charge < -0.3 is 14.6 Å².